The molecule has 2 aromatic rings. The van der Waals surface area contributed by atoms with Crippen molar-refractivity contribution in [3.8, 4) is 0 Å². The molecule has 1 unspecified atom stereocenters. The molecule has 7 heteroatoms. The van der Waals surface area contributed by atoms with Crippen molar-refractivity contribution in [1.82, 2.24) is 20.4 Å². The van der Waals surface area contributed by atoms with Crippen molar-refractivity contribution in [2.24, 2.45) is 0 Å². The van der Waals surface area contributed by atoms with Gasteiger partial charge in [-0.15, -0.1) is 12.4 Å². The minimum absolute atomic E-state index is 0. The molecule has 3 rings (SSSR count). The standard InChI is InChI=1S/C13H18N4OS.ClH/c1-17-6-5-14-8-11(17)13-15-12(18-16-13)3-2-10-4-7-19-9-10;/h4,7,9,11,14H,2-3,5-6,8H2,1H3;1H. The van der Waals surface area contributed by atoms with Gasteiger partial charge in [-0.05, 0) is 35.9 Å². The molecule has 5 nitrogen and oxygen atoms in total. The molecule has 0 bridgehead atoms. The fourth-order valence-corrected chi connectivity index (χ4v) is 2.99. The van der Waals surface area contributed by atoms with Gasteiger partial charge >= 0.3 is 0 Å². The van der Waals surface area contributed by atoms with Crippen molar-refractivity contribution in [3.63, 3.8) is 0 Å². The lowest BCUT2D eigenvalue weighted by molar-refractivity contribution is 0.190. The van der Waals surface area contributed by atoms with Crippen molar-refractivity contribution < 1.29 is 4.52 Å². The molecule has 0 saturated carbocycles. The van der Waals surface area contributed by atoms with Gasteiger partial charge in [-0.1, -0.05) is 5.16 Å². The van der Waals surface area contributed by atoms with Crippen LogP contribution in [0, 0.1) is 0 Å². The third-order valence-corrected chi connectivity index (χ3v) is 4.23. The minimum atomic E-state index is 0. The summed E-state index contributed by atoms with van der Waals surface area (Å²) in [4.78, 5) is 6.80. The molecule has 2 aromatic heterocycles. The van der Waals surface area contributed by atoms with Crippen LogP contribution in [0.3, 0.4) is 0 Å². The average molecular weight is 315 g/mol. The minimum Gasteiger partial charge on any atom is -0.339 e. The van der Waals surface area contributed by atoms with E-state index in [-0.39, 0.29) is 18.4 Å². The average Bonchev–Trinajstić information content (AvgIpc) is 3.08. The van der Waals surface area contributed by atoms with Gasteiger partial charge in [0.05, 0.1) is 6.04 Å². The molecule has 1 fully saturated rings. The van der Waals surface area contributed by atoms with E-state index < -0.39 is 0 Å². The van der Waals surface area contributed by atoms with Crippen molar-refractivity contribution in [3.05, 3.63) is 34.1 Å². The summed E-state index contributed by atoms with van der Waals surface area (Å²) in [6, 6.07) is 2.37. The third kappa shape index (κ3) is 3.58. The summed E-state index contributed by atoms with van der Waals surface area (Å²) in [5, 5.41) is 11.7. The smallest absolute Gasteiger partial charge is 0.227 e. The Morgan fingerprint density at radius 1 is 1.50 bits per heavy atom. The summed E-state index contributed by atoms with van der Waals surface area (Å²) in [6.45, 7) is 2.93. The number of hydrogen-bond acceptors (Lipinski definition) is 6. The maximum Gasteiger partial charge on any atom is 0.227 e. The largest absolute Gasteiger partial charge is 0.339 e. The quantitative estimate of drug-likeness (QED) is 0.934. The summed E-state index contributed by atoms with van der Waals surface area (Å²) >= 11 is 1.72. The van der Waals surface area contributed by atoms with Crippen LogP contribution in [0.1, 0.15) is 23.3 Å². The van der Waals surface area contributed by atoms with Crippen LogP contribution in [-0.4, -0.2) is 41.7 Å². The zero-order valence-electron chi connectivity index (χ0n) is 11.4. The van der Waals surface area contributed by atoms with Crippen molar-refractivity contribution in [2.75, 3.05) is 26.7 Å². The number of halogens is 1. The van der Waals surface area contributed by atoms with Crippen LogP contribution in [-0.2, 0) is 12.8 Å². The number of nitrogens with zero attached hydrogens (tertiary/aromatic N) is 3. The number of aromatic nitrogens is 2. The van der Waals surface area contributed by atoms with Crippen molar-refractivity contribution in [1.29, 1.82) is 0 Å². The molecule has 1 aliphatic rings. The van der Waals surface area contributed by atoms with Gasteiger partial charge in [0.1, 0.15) is 0 Å². The van der Waals surface area contributed by atoms with Gasteiger partial charge in [-0.3, -0.25) is 4.90 Å². The topological polar surface area (TPSA) is 54.2 Å². The van der Waals surface area contributed by atoms with Crippen LogP contribution >= 0.6 is 23.7 Å². The van der Waals surface area contributed by atoms with Gasteiger partial charge < -0.3 is 9.84 Å². The molecule has 0 spiro atoms. The maximum atomic E-state index is 5.35. The molecular weight excluding hydrogens is 296 g/mol. The number of nitrogens with one attached hydrogen (secondary N) is 1. The number of piperazine rings is 1. The van der Waals surface area contributed by atoms with E-state index in [1.165, 1.54) is 5.56 Å². The zero-order valence-corrected chi connectivity index (χ0v) is 13.0. The van der Waals surface area contributed by atoms with Crippen LogP contribution in [0.5, 0.6) is 0 Å². The maximum absolute atomic E-state index is 5.35. The second-order valence-electron chi connectivity index (χ2n) is 4.88. The molecule has 0 aromatic carbocycles. The van der Waals surface area contributed by atoms with Crippen LogP contribution in [0.2, 0.25) is 0 Å². The summed E-state index contributed by atoms with van der Waals surface area (Å²) in [7, 11) is 2.10. The van der Waals surface area contributed by atoms with Crippen molar-refractivity contribution >= 4 is 23.7 Å². The molecule has 20 heavy (non-hydrogen) atoms. The van der Waals surface area contributed by atoms with Gasteiger partial charge in [0.15, 0.2) is 5.82 Å². The number of hydrogen-bond donors (Lipinski definition) is 1. The lowest BCUT2D eigenvalue weighted by Gasteiger charge is -2.30. The van der Waals surface area contributed by atoms with E-state index >= 15 is 0 Å². The highest BCUT2D eigenvalue weighted by Crippen LogP contribution is 2.18. The third-order valence-electron chi connectivity index (χ3n) is 3.50. The Balaban J connectivity index is 0.00000147. The molecule has 110 valence electrons. The number of likely N-dealkylation sites (N-methyl/N-ethyl adjacent to an activating group) is 1. The Kier molecular flexibility index (Phi) is 5.54. The first-order valence-electron chi connectivity index (χ1n) is 6.57. The first-order chi connectivity index (χ1) is 9.33. The molecular formula is C13H19ClN4OS. The second kappa shape index (κ2) is 7.17. The molecule has 1 aliphatic heterocycles. The van der Waals surface area contributed by atoms with Gasteiger partial charge in [-0.2, -0.15) is 16.3 Å². The van der Waals surface area contributed by atoms with Crippen LogP contribution in [0.15, 0.2) is 21.3 Å². The monoisotopic (exact) mass is 314 g/mol. The Morgan fingerprint density at radius 2 is 2.40 bits per heavy atom. The number of aryl methyl sites for hydroxylation is 2. The van der Waals surface area contributed by atoms with E-state index in [1.54, 1.807) is 11.3 Å². The highest BCUT2D eigenvalue weighted by Gasteiger charge is 2.25. The number of thiophene rings is 1. The second-order valence-corrected chi connectivity index (χ2v) is 5.66. The van der Waals surface area contributed by atoms with E-state index in [2.05, 4.69) is 44.2 Å². The molecule has 3 heterocycles. The molecule has 1 saturated heterocycles. The van der Waals surface area contributed by atoms with E-state index in [1.807, 2.05) is 0 Å². The fraction of sp³-hybridized carbons (Fsp3) is 0.538. The SMILES string of the molecule is CN1CCNCC1c1noc(CCc2ccsc2)n1.Cl. The zero-order chi connectivity index (χ0) is 13.1. The summed E-state index contributed by atoms with van der Waals surface area (Å²) in [5.41, 5.74) is 1.33. The lowest BCUT2D eigenvalue weighted by Crippen LogP contribution is -2.44. The summed E-state index contributed by atoms with van der Waals surface area (Å²) < 4.78 is 5.35. The van der Waals surface area contributed by atoms with E-state index in [0.29, 0.717) is 0 Å². The number of rotatable bonds is 4. The summed E-state index contributed by atoms with van der Waals surface area (Å²) in [6.07, 6.45) is 1.78. The Morgan fingerprint density at radius 3 is 3.15 bits per heavy atom. The molecule has 1 N–H and O–H groups in total. The highest BCUT2D eigenvalue weighted by molar-refractivity contribution is 7.07. The highest BCUT2D eigenvalue weighted by atomic mass is 35.5. The van der Waals surface area contributed by atoms with Gasteiger partial charge in [0, 0.05) is 26.1 Å². The molecule has 0 amide bonds. The first-order valence-corrected chi connectivity index (χ1v) is 7.52. The van der Waals surface area contributed by atoms with E-state index in [0.717, 1.165) is 44.2 Å². The molecule has 0 aliphatic carbocycles. The normalized spacial score (nSPS) is 19.8. The lowest BCUT2D eigenvalue weighted by atomic mass is 10.2. The molecule has 0 radical (unpaired) electrons. The Bertz CT molecular complexity index is 516. The van der Waals surface area contributed by atoms with Gasteiger partial charge in [-0.25, -0.2) is 0 Å². The Labute approximate surface area is 128 Å². The van der Waals surface area contributed by atoms with Gasteiger partial charge in [0.25, 0.3) is 0 Å². The van der Waals surface area contributed by atoms with E-state index in [9.17, 15) is 0 Å². The van der Waals surface area contributed by atoms with Crippen molar-refractivity contribution in [2.45, 2.75) is 18.9 Å². The predicted octanol–water partition coefficient (Wildman–Crippen LogP) is 1.91. The molecule has 1 atom stereocenters. The fourth-order valence-electron chi connectivity index (χ4n) is 2.29. The summed E-state index contributed by atoms with van der Waals surface area (Å²) in [5.74, 6) is 1.54. The van der Waals surface area contributed by atoms with Crippen LogP contribution < -0.4 is 5.32 Å². The van der Waals surface area contributed by atoms with E-state index in [4.69, 9.17) is 4.52 Å². The first kappa shape index (κ1) is 15.4. The Hall–Kier alpha value is -0.950. The van der Waals surface area contributed by atoms with Crippen LogP contribution in [0.25, 0.3) is 0 Å². The predicted molar refractivity (Wildman–Crippen MR) is 81.5 cm³/mol. The van der Waals surface area contributed by atoms with Crippen LogP contribution in [0.4, 0.5) is 0 Å². The van der Waals surface area contributed by atoms with Gasteiger partial charge in [0.2, 0.25) is 5.89 Å².